The third-order valence-corrected chi connectivity index (χ3v) is 4.53. The van der Waals surface area contributed by atoms with Crippen LogP contribution in [0, 0.1) is 10.1 Å². The first-order valence-corrected chi connectivity index (χ1v) is 9.20. The highest BCUT2D eigenvalue weighted by Crippen LogP contribution is 2.30. The lowest BCUT2D eigenvalue weighted by atomic mass is 10.2. The minimum atomic E-state index is -0.575. The molecule has 9 heteroatoms. The molecular weight excluding hydrogens is 410 g/mol. The number of rotatable bonds is 6. The van der Waals surface area contributed by atoms with Gasteiger partial charge in [-0.2, -0.15) is 0 Å². The molecular formula is C21H14ClN3O5. The summed E-state index contributed by atoms with van der Waals surface area (Å²) in [6.45, 7) is -0.422. The first kappa shape index (κ1) is 19.4. The van der Waals surface area contributed by atoms with Gasteiger partial charge in [-0.25, -0.2) is 4.98 Å². The second-order valence-electron chi connectivity index (χ2n) is 6.24. The number of fused-ring (bicyclic) bond motifs is 1. The Balaban J connectivity index is 1.50. The summed E-state index contributed by atoms with van der Waals surface area (Å²) in [5.41, 5.74) is 2.11. The van der Waals surface area contributed by atoms with E-state index in [9.17, 15) is 14.9 Å². The normalized spacial score (nSPS) is 10.7. The number of carbonyl (C=O) groups excluding carboxylic acids is 1. The van der Waals surface area contributed by atoms with Crippen molar-refractivity contribution in [2.45, 2.75) is 0 Å². The van der Waals surface area contributed by atoms with Gasteiger partial charge in [0.25, 0.3) is 5.91 Å². The minimum absolute atomic E-state index is 0.00368. The van der Waals surface area contributed by atoms with E-state index < -0.39 is 17.4 Å². The van der Waals surface area contributed by atoms with Gasteiger partial charge < -0.3 is 14.5 Å². The monoisotopic (exact) mass is 423 g/mol. The summed E-state index contributed by atoms with van der Waals surface area (Å²) in [6.07, 6.45) is 0. The lowest BCUT2D eigenvalue weighted by Crippen LogP contribution is -2.20. The van der Waals surface area contributed by atoms with Crippen molar-refractivity contribution in [2.75, 3.05) is 11.9 Å². The summed E-state index contributed by atoms with van der Waals surface area (Å²) in [4.78, 5) is 27.2. The summed E-state index contributed by atoms with van der Waals surface area (Å²) >= 11 is 6.19. The van der Waals surface area contributed by atoms with Crippen LogP contribution in [0.5, 0.6) is 5.75 Å². The Morgan fingerprint density at radius 2 is 1.90 bits per heavy atom. The van der Waals surface area contributed by atoms with Gasteiger partial charge in [-0.1, -0.05) is 35.9 Å². The van der Waals surface area contributed by atoms with Crippen LogP contribution in [-0.2, 0) is 4.79 Å². The van der Waals surface area contributed by atoms with Gasteiger partial charge in [-0.05, 0) is 36.4 Å². The zero-order valence-electron chi connectivity index (χ0n) is 15.4. The summed E-state index contributed by atoms with van der Waals surface area (Å²) in [7, 11) is 0. The average molecular weight is 424 g/mol. The van der Waals surface area contributed by atoms with E-state index in [2.05, 4.69) is 10.3 Å². The predicted octanol–water partition coefficient (Wildman–Crippen LogP) is 5.07. The number of nitro groups is 1. The number of nitrogens with zero attached hydrogens (tertiary/aromatic N) is 2. The van der Waals surface area contributed by atoms with Gasteiger partial charge in [0.2, 0.25) is 5.89 Å². The van der Waals surface area contributed by atoms with Gasteiger partial charge in [0.1, 0.15) is 5.52 Å². The third kappa shape index (κ3) is 4.08. The molecule has 30 heavy (non-hydrogen) atoms. The fraction of sp³-hybridized carbons (Fsp3) is 0.0476. The summed E-state index contributed by atoms with van der Waals surface area (Å²) in [5, 5.41) is 14.0. The maximum absolute atomic E-state index is 12.3. The van der Waals surface area contributed by atoms with Crippen LogP contribution in [0.2, 0.25) is 5.02 Å². The minimum Gasteiger partial charge on any atom is -0.477 e. The largest absolute Gasteiger partial charge is 0.477 e. The molecule has 0 saturated carbocycles. The number of carbonyl (C=O) groups is 1. The number of oxazole rings is 1. The summed E-state index contributed by atoms with van der Waals surface area (Å²) in [5.74, 6) is -0.131. The molecule has 0 fully saturated rings. The molecule has 1 heterocycles. The van der Waals surface area contributed by atoms with Crippen LogP contribution in [0.3, 0.4) is 0 Å². The second-order valence-corrected chi connectivity index (χ2v) is 6.65. The smallest absolute Gasteiger partial charge is 0.310 e. The predicted molar refractivity (Wildman–Crippen MR) is 112 cm³/mol. The van der Waals surface area contributed by atoms with Crippen LogP contribution >= 0.6 is 11.6 Å². The Morgan fingerprint density at radius 3 is 2.70 bits per heavy atom. The lowest BCUT2D eigenvalue weighted by Gasteiger charge is -2.10. The molecule has 4 aromatic rings. The number of hydrogen-bond donors (Lipinski definition) is 1. The number of nitro benzene ring substituents is 1. The van der Waals surface area contributed by atoms with Gasteiger partial charge in [-0.3, -0.25) is 14.9 Å². The van der Waals surface area contributed by atoms with Gasteiger partial charge in [0.05, 0.1) is 15.6 Å². The Hall–Kier alpha value is -3.91. The van der Waals surface area contributed by atoms with Crippen LogP contribution in [0.15, 0.2) is 71.1 Å². The standard InChI is InChI=1S/C21H14ClN3O5/c22-14-10-9-13(21-24-15-5-1-3-7-18(15)30-21)11-16(14)23-20(26)12-29-19-8-4-2-6-17(19)25(27)28/h1-11H,12H2,(H,23,26). The number of halogens is 1. The molecule has 4 rings (SSSR count). The highest BCUT2D eigenvalue weighted by atomic mass is 35.5. The molecule has 0 aliphatic rings. The number of para-hydroxylation sites is 4. The Labute approximate surface area is 175 Å². The number of aromatic nitrogens is 1. The van der Waals surface area contributed by atoms with Crippen molar-refractivity contribution in [1.29, 1.82) is 0 Å². The van der Waals surface area contributed by atoms with Crippen LogP contribution in [-0.4, -0.2) is 22.4 Å². The molecule has 1 amide bonds. The van der Waals surface area contributed by atoms with Gasteiger partial charge >= 0.3 is 5.69 Å². The van der Waals surface area contributed by atoms with E-state index >= 15 is 0 Å². The molecule has 3 aromatic carbocycles. The van der Waals surface area contributed by atoms with E-state index in [4.69, 9.17) is 20.8 Å². The molecule has 1 aromatic heterocycles. The van der Waals surface area contributed by atoms with Crippen LogP contribution < -0.4 is 10.1 Å². The fourth-order valence-corrected chi connectivity index (χ4v) is 2.97. The highest BCUT2D eigenvalue weighted by molar-refractivity contribution is 6.33. The molecule has 1 N–H and O–H groups in total. The molecule has 0 unspecified atom stereocenters. The van der Waals surface area contributed by atoms with Crippen molar-refractivity contribution in [2.24, 2.45) is 0 Å². The molecule has 0 radical (unpaired) electrons. The number of anilines is 1. The van der Waals surface area contributed by atoms with Crippen molar-refractivity contribution in [1.82, 2.24) is 4.98 Å². The number of benzene rings is 3. The van der Waals surface area contributed by atoms with Crippen molar-refractivity contribution in [3.63, 3.8) is 0 Å². The first-order valence-electron chi connectivity index (χ1n) is 8.83. The van der Waals surface area contributed by atoms with E-state index in [1.54, 1.807) is 24.3 Å². The van der Waals surface area contributed by atoms with Crippen molar-refractivity contribution >= 4 is 40.0 Å². The SMILES string of the molecule is O=C(COc1ccccc1[N+](=O)[O-])Nc1cc(-c2nc3ccccc3o2)ccc1Cl. The Morgan fingerprint density at radius 1 is 1.13 bits per heavy atom. The summed E-state index contributed by atoms with van der Waals surface area (Å²) in [6, 6.07) is 18.2. The van der Waals surface area contributed by atoms with E-state index in [-0.39, 0.29) is 11.4 Å². The van der Waals surface area contributed by atoms with E-state index in [0.717, 1.165) is 0 Å². The quantitative estimate of drug-likeness (QED) is 0.342. The van der Waals surface area contributed by atoms with Gasteiger partial charge in [-0.15, -0.1) is 0 Å². The van der Waals surface area contributed by atoms with E-state index in [1.165, 1.54) is 18.2 Å². The van der Waals surface area contributed by atoms with Crippen molar-refractivity contribution in [3.05, 3.63) is 81.9 Å². The highest BCUT2D eigenvalue weighted by Gasteiger charge is 2.16. The lowest BCUT2D eigenvalue weighted by molar-refractivity contribution is -0.385. The zero-order chi connectivity index (χ0) is 21.1. The number of nitrogens with one attached hydrogen (secondary N) is 1. The van der Waals surface area contributed by atoms with Crippen molar-refractivity contribution < 1.29 is 18.9 Å². The topological polar surface area (TPSA) is 108 Å². The third-order valence-electron chi connectivity index (χ3n) is 4.20. The molecule has 0 bridgehead atoms. The molecule has 0 aliphatic carbocycles. The molecule has 0 spiro atoms. The van der Waals surface area contributed by atoms with Crippen LogP contribution in [0.25, 0.3) is 22.6 Å². The molecule has 150 valence electrons. The maximum atomic E-state index is 12.3. The van der Waals surface area contributed by atoms with Gasteiger partial charge in [0, 0.05) is 11.6 Å². The summed E-state index contributed by atoms with van der Waals surface area (Å²) < 4.78 is 11.0. The van der Waals surface area contributed by atoms with Crippen LogP contribution in [0.4, 0.5) is 11.4 Å². The molecule has 0 saturated heterocycles. The first-order chi connectivity index (χ1) is 14.5. The van der Waals surface area contributed by atoms with E-state index in [0.29, 0.717) is 33.3 Å². The second kappa shape index (κ2) is 8.22. The zero-order valence-corrected chi connectivity index (χ0v) is 16.1. The van der Waals surface area contributed by atoms with Gasteiger partial charge in [0.15, 0.2) is 17.9 Å². The Kier molecular flexibility index (Phi) is 5.32. The van der Waals surface area contributed by atoms with Crippen molar-refractivity contribution in [3.8, 4) is 17.2 Å². The molecule has 0 aliphatic heterocycles. The van der Waals surface area contributed by atoms with Crippen LogP contribution in [0.1, 0.15) is 0 Å². The maximum Gasteiger partial charge on any atom is 0.310 e. The molecule has 8 nitrogen and oxygen atoms in total. The Bertz CT molecular complexity index is 1220. The number of ether oxygens (including phenoxy) is 1. The number of amides is 1. The average Bonchev–Trinajstić information content (AvgIpc) is 3.18. The fourth-order valence-electron chi connectivity index (χ4n) is 2.81. The van der Waals surface area contributed by atoms with E-state index in [1.807, 2.05) is 24.3 Å². The molecule has 0 atom stereocenters. The number of hydrogen-bond acceptors (Lipinski definition) is 6.